The lowest BCUT2D eigenvalue weighted by Crippen LogP contribution is -2.35. The number of aryl methyl sites for hydroxylation is 1. The van der Waals surface area contributed by atoms with Gasteiger partial charge in [-0.1, -0.05) is 72.0 Å². The first kappa shape index (κ1) is 18.2. The monoisotopic (exact) mass is 383 g/mol. The van der Waals surface area contributed by atoms with Gasteiger partial charge >= 0.3 is 0 Å². The molecule has 0 atom stereocenters. The molecule has 0 saturated heterocycles. The molecule has 138 valence electrons. The van der Waals surface area contributed by atoms with Crippen molar-refractivity contribution in [3.63, 3.8) is 0 Å². The quantitative estimate of drug-likeness (QED) is 0.394. The Bertz CT molecular complexity index is 1060. The third kappa shape index (κ3) is 4.05. The van der Waals surface area contributed by atoms with Crippen LogP contribution in [0.25, 0.3) is 16.9 Å². The molecule has 1 N–H and O–H groups in total. The van der Waals surface area contributed by atoms with Gasteiger partial charge in [-0.25, -0.2) is 0 Å². The molecule has 4 aromatic rings. The zero-order chi connectivity index (χ0) is 19.3. The highest BCUT2D eigenvalue weighted by atomic mass is 32.1. The van der Waals surface area contributed by atoms with E-state index in [0.717, 1.165) is 17.8 Å². The van der Waals surface area contributed by atoms with Gasteiger partial charge in [-0.3, -0.25) is 0 Å². The van der Waals surface area contributed by atoms with Crippen molar-refractivity contribution in [2.45, 2.75) is 13.3 Å². The summed E-state index contributed by atoms with van der Waals surface area (Å²) < 4.78 is 2.34. The van der Waals surface area contributed by atoms with E-state index < -0.39 is 0 Å². The number of anilines is 1. The van der Waals surface area contributed by atoms with E-state index in [9.17, 15) is 0 Å². The van der Waals surface area contributed by atoms with Gasteiger partial charge in [0.1, 0.15) is 0 Å². The maximum absolute atomic E-state index is 4.27. The first-order valence-electron chi connectivity index (χ1n) is 9.35. The maximum Gasteiger partial charge on any atom is 0.249 e. The molecule has 1 heterocycles. The van der Waals surface area contributed by atoms with Crippen molar-refractivity contribution in [1.29, 1.82) is 0 Å². The average Bonchev–Trinajstić information content (AvgIpc) is 3.14. The van der Waals surface area contributed by atoms with Crippen LogP contribution >= 0.6 is 11.3 Å². The number of aromatic nitrogens is 1. The molecular formula is C25H23N2S+. The Labute approximate surface area is 170 Å². The Morgan fingerprint density at radius 1 is 0.893 bits per heavy atom. The highest BCUT2D eigenvalue weighted by molar-refractivity contribution is 7.09. The summed E-state index contributed by atoms with van der Waals surface area (Å²) in [5, 5.41) is 6.92. The minimum Gasteiger partial charge on any atom is -0.359 e. The first-order chi connectivity index (χ1) is 13.7. The van der Waals surface area contributed by atoms with E-state index in [-0.39, 0.29) is 0 Å². The summed E-state index contributed by atoms with van der Waals surface area (Å²) in [6.45, 7) is 6.36. The SMILES string of the molecule is C=C(Cc1scc(-c2ccccc2)[n+]1-c1ccccc1)Nc1ccc(C)cc1. The number of thiazole rings is 1. The van der Waals surface area contributed by atoms with Crippen LogP contribution in [0.1, 0.15) is 10.6 Å². The highest BCUT2D eigenvalue weighted by Gasteiger charge is 2.24. The third-order valence-corrected chi connectivity index (χ3v) is 5.56. The number of allylic oxidation sites excluding steroid dienone is 1. The van der Waals surface area contributed by atoms with Gasteiger partial charge in [-0.05, 0) is 31.2 Å². The molecule has 0 unspecified atom stereocenters. The van der Waals surface area contributed by atoms with Gasteiger partial charge in [0.25, 0.3) is 0 Å². The number of hydrogen-bond acceptors (Lipinski definition) is 2. The van der Waals surface area contributed by atoms with Crippen LogP contribution in [0.15, 0.2) is 103 Å². The second-order valence-corrected chi connectivity index (χ2v) is 7.77. The van der Waals surface area contributed by atoms with Crippen molar-refractivity contribution in [2.24, 2.45) is 0 Å². The second kappa shape index (κ2) is 8.24. The van der Waals surface area contributed by atoms with E-state index in [2.05, 4.69) is 114 Å². The summed E-state index contributed by atoms with van der Waals surface area (Å²) >= 11 is 1.77. The highest BCUT2D eigenvalue weighted by Crippen LogP contribution is 2.24. The molecule has 0 aliphatic carbocycles. The summed E-state index contributed by atoms with van der Waals surface area (Å²) in [5.74, 6) is 0. The molecular weight excluding hydrogens is 360 g/mol. The van der Waals surface area contributed by atoms with Gasteiger partial charge in [-0.15, -0.1) is 4.57 Å². The van der Waals surface area contributed by atoms with Gasteiger partial charge in [0.05, 0.1) is 11.8 Å². The predicted molar refractivity (Wildman–Crippen MR) is 119 cm³/mol. The number of benzene rings is 3. The Hall–Kier alpha value is -3.17. The number of para-hydroxylation sites is 1. The number of nitrogens with one attached hydrogen (secondary N) is 1. The van der Waals surface area contributed by atoms with E-state index in [4.69, 9.17) is 0 Å². The molecule has 0 radical (unpaired) electrons. The molecule has 3 heteroatoms. The molecule has 2 nitrogen and oxygen atoms in total. The fourth-order valence-corrected chi connectivity index (χ4v) is 4.27. The minimum atomic E-state index is 0.764. The summed E-state index contributed by atoms with van der Waals surface area (Å²) in [6.07, 6.45) is 0.764. The molecule has 28 heavy (non-hydrogen) atoms. The number of hydrogen-bond donors (Lipinski definition) is 1. The van der Waals surface area contributed by atoms with Gasteiger partial charge in [0.15, 0.2) is 0 Å². The first-order valence-corrected chi connectivity index (χ1v) is 10.2. The van der Waals surface area contributed by atoms with Crippen LogP contribution in [0.2, 0.25) is 0 Å². The van der Waals surface area contributed by atoms with Crippen LogP contribution in [0.5, 0.6) is 0 Å². The van der Waals surface area contributed by atoms with Gasteiger partial charge in [0.2, 0.25) is 16.4 Å². The van der Waals surface area contributed by atoms with E-state index in [1.54, 1.807) is 11.3 Å². The van der Waals surface area contributed by atoms with Crippen molar-refractivity contribution in [3.05, 3.63) is 113 Å². The summed E-state index contributed by atoms with van der Waals surface area (Å²) in [7, 11) is 0. The van der Waals surface area contributed by atoms with Crippen LogP contribution in [0, 0.1) is 6.92 Å². The van der Waals surface area contributed by atoms with Gasteiger partial charge in [0, 0.05) is 29.1 Å². The number of nitrogens with zero attached hydrogens (tertiary/aromatic N) is 1. The average molecular weight is 384 g/mol. The lowest BCUT2D eigenvalue weighted by Gasteiger charge is -2.08. The largest absolute Gasteiger partial charge is 0.359 e. The fourth-order valence-electron chi connectivity index (χ4n) is 3.22. The lowest BCUT2D eigenvalue weighted by atomic mass is 10.1. The van der Waals surface area contributed by atoms with E-state index in [1.807, 2.05) is 0 Å². The van der Waals surface area contributed by atoms with Crippen molar-refractivity contribution < 1.29 is 4.57 Å². The molecule has 0 fully saturated rings. The molecule has 4 rings (SSSR count). The Morgan fingerprint density at radius 3 is 2.21 bits per heavy atom. The molecule has 0 aliphatic rings. The van der Waals surface area contributed by atoms with E-state index >= 15 is 0 Å². The van der Waals surface area contributed by atoms with Crippen molar-refractivity contribution in [2.75, 3.05) is 5.32 Å². The van der Waals surface area contributed by atoms with Crippen LogP contribution in [0.3, 0.4) is 0 Å². The summed E-state index contributed by atoms with van der Waals surface area (Å²) in [6, 6.07) is 29.5. The van der Waals surface area contributed by atoms with Crippen molar-refractivity contribution in [3.8, 4) is 16.9 Å². The minimum absolute atomic E-state index is 0.764. The topological polar surface area (TPSA) is 15.9 Å². The van der Waals surface area contributed by atoms with Gasteiger partial charge in [-0.2, -0.15) is 0 Å². The fraction of sp³-hybridized carbons (Fsp3) is 0.0800. The summed E-state index contributed by atoms with van der Waals surface area (Å²) in [5.41, 5.74) is 6.89. The number of rotatable bonds is 6. The Kier molecular flexibility index (Phi) is 5.36. The molecule has 1 aromatic heterocycles. The molecule has 0 amide bonds. The van der Waals surface area contributed by atoms with Crippen molar-refractivity contribution in [1.82, 2.24) is 0 Å². The standard InChI is InChI=1S/C25H23N2S/c1-19-13-15-22(16-14-19)26-20(2)17-25-27(23-11-7-4-8-12-23)24(18-28-25)21-9-5-3-6-10-21/h3-16,18,26H,2,17H2,1H3/q+1. The third-order valence-electron chi connectivity index (χ3n) is 4.62. The zero-order valence-corrected chi connectivity index (χ0v) is 16.7. The Morgan fingerprint density at radius 2 is 1.54 bits per heavy atom. The lowest BCUT2D eigenvalue weighted by molar-refractivity contribution is -0.586. The molecule has 0 aliphatic heterocycles. The molecule has 0 spiro atoms. The zero-order valence-electron chi connectivity index (χ0n) is 15.9. The van der Waals surface area contributed by atoms with Crippen LogP contribution in [-0.4, -0.2) is 0 Å². The molecule has 0 bridgehead atoms. The smallest absolute Gasteiger partial charge is 0.249 e. The van der Waals surface area contributed by atoms with Crippen molar-refractivity contribution >= 4 is 17.0 Å². The predicted octanol–water partition coefficient (Wildman–Crippen LogP) is 6.17. The van der Waals surface area contributed by atoms with E-state index in [0.29, 0.717) is 0 Å². The van der Waals surface area contributed by atoms with Gasteiger partial charge < -0.3 is 5.32 Å². The molecule has 0 saturated carbocycles. The second-order valence-electron chi connectivity index (χ2n) is 6.82. The van der Waals surface area contributed by atoms with Crippen LogP contribution in [-0.2, 0) is 6.42 Å². The summed E-state index contributed by atoms with van der Waals surface area (Å²) in [4.78, 5) is 0. The van der Waals surface area contributed by atoms with Crippen LogP contribution < -0.4 is 9.88 Å². The van der Waals surface area contributed by atoms with E-state index in [1.165, 1.54) is 27.5 Å². The molecule has 3 aromatic carbocycles. The van der Waals surface area contributed by atoms with Crippen LogP contribution in [0.4, 0.5) is 5.69 Å². The Balaban J connectivity index is 1.66. The normalized spacial score (nSPS) is 10.6. The maximum atomic E-state index is 4.27.